The van der Waals surface area contributed by atoms with Gasteiger partial charge in [0, 0.05) is 26.2 Å². The second-order valence-electron chi connectivity index (χ2n) is 4.69. The van der Waals surface area contributed by atoms with Gasteiger partial charge in [-0.3, -0.25) is 4.90 Å². The van der Waals surface area contributed by atoms with E-state index in [1.54, 1.807) is 7.11 Å². The van der Waals surface area contributed by atoms with Gasteiger partial charge >= 0.3 is 0 Å². The van der Waals surface area contributed by atoms with Gasteiger partial charge in [-0.05, 0) is 12.8 Å². The Morgan fingerprint density at radius 3 is 2.71 bits per heavy atom. The number of aliphatic hydroxyl groups excluding tert-OH is 1. The topological polar surface area (TPSA) is 56.5 Å². The number of hydrogen-bond acceptors (Lipinski definition) is 4. The van der Waals surface area contributed by atoms with Gasteiger partial charge in [0.15, 0.2) is 0 Å². The Labute approximate surface area is 104 Å². The van der Waals surface area contributed by atoms with E-state index in [4.69, 9.17) is 9.84 Å². The molecule has 98 valence electrons. The smallest absolute Gasteiger partial charge is 0.0672 e. The second kappa shape index (κ2) is 8.46. The highest BCUT2D eigenvalue weighted by atomic mass is 16.5. The van der Waals surface area contributed by atoms with Crippen LogP contribution in [0.5, 0.6) is 0 Å². The maximum absolute atomic E-state index is 9.26. The fraction of sp³-hybridized carbons (Fsp3) is 0.923. The first kappa shape index (κ1) is 14.4. The van der Waals surface area contributed by atoms with Crippen molar-refractivity contribution in [1.82, 2.24) is 4.90 Å². The molecule has 0 heterocycles. The summed E-state index contributed by atoms with van der Waals surface area (Å²) < 4.78 is 5.10. The molecule has 1 aliphatic rings. The van der Waals surface area contributed by atoms with Gasteiger partial charge in [-0.2, -0.15) is 5.26 Å². The number of rotatable bonds is 6. The minimum absolute atomic E-state index is 0.112. The van der Waals surface area contributed by atoms with Crippen LogP contribution in [0.4, 0.5) is 0 Å². The number of methoxy groups -OCH3 is 1. The molecule has 0 radical (unpaired) electrons. The van der Waals surface area contributed by atoms with E-state index in [9.17, 15) is 5.26 Å². The van der Waals surface area contributed by atoms with Crippen molar-refractivity contribution < 1.29 is 9.84 Å². The fourth-order valence-electron chi connectivity index (χ4n) is 2.66. The summed E-state index contributed by atoms with van der Waals surface area (Å²) in [5, 5.41) is 18.4. The van der Waals surface area contributed by atoms with Gasteiger partial charge in [0.05, 0.1) is 25.2 Å². The molecule has 0 amide bonds. The first-order valence-electron chi connectivity index (χ1n) is 6.57. The molecule has 4 heteroatoms. The number of nitriles is 1. The zero-order valence-corrected chi connectivity index (χ0v) is 10.8. The molecule has 1 rings (SSSR count). The first-order valence-corrected chi connectivity index (χ1v) is 6.57. The van der Waals surface area contributed by atoms with E-state index < -0.39 is 0 Å². The van der Waals surface area contributed by atoms with Crippen molar-refractivity contribution >= 4 is 0 Å². The molecule has 0 spiro atoms. The SMILES string of the molecule is COCCN(CCO)C1CCCCCC1C#N. The molecule has 0 saturated heterocycles. The predicted molar refractivity (Wildman–Crippen MR) is 66.5 cm³/mol. The van der Waals surface area contributed by atoms with Crippen LogP contribution >= 0.6 is 0 Å². The van der Waals surface area contributed by atoms with Gasteiger partial charge in [-0.1, -0.05) is 19.3 Å². The monoisotopic (exact) mass is 240 g/mol. The molecule has 0 aliphatic heterocycles. The fourth-order valence-corrected chi connectivity index (χ4v) is 2.66. The van der Waals surface area contributed by atoms with Crippen molar-refractivity contribution in [3.63, 3.8) is 0 Å². The maximum Gasteiger partial charge on any atom is 0.0672 e. The third-order valence-electron chi connectivity index (χ3n) is 3.58. The van der Waals surface area contributed by atoms with Crippen molar-refractivity contribution in [2.45, 2.75) is 38.1 Å². The van der Waals surface area contributed by atoms with E-state index in [0.29, 0.717) is 19.2 Å². The normalized spacial score (nSPS) is 25.5. The van der Waals surface area contributed by atoms with Crippen LogP contribution in [-0.4, -0.2) is 49.5 Å². The zero-order valence-electron chi connectivity index (χ0n) is 10.8. The first-order chi connectivity index (χ1) is 8.33. The molecule has 1 fully saturated rings. The average Bonchev–Trinajstić information content (AvgIpc) is 2.59. The Morgan fingerprint density at radius 1 is 1.29 bits per heavy atom. The summed E-state index contributed by atoms with van der Waals surface area (Å²) in [5.41, 5.74) is 0. The summed E-state index contributed by atoms with van der Waals surface area (Å²) in [7, 11) is 1.69. The molecular weight excluding hydrogens is 216 g/mol. The van der Waals surface area contributed by atoms with E-state index in [2.05, 4.69) is 11.0 Å². The van der Waals surface area contributed by atoms with E-state index in [-0.39, 0.29) is 12.5 Å². The molecule has 1 saturated carbocycles. The Kier molecular flexibility index (Phi) is 7.18. The van der Waals surface area contributed by atoms with Crippen molar-refractivity contribution in [3.05, 3.63) is 0 Å². The highest BCUT2D eigenvalue weighted by Crippen LogP contribution is 2.26. The number of nitrogens with zero attached hydrogens (tertiary/aromatic N) is 2. The third kappa shape index (κ3) is 4.63. The van der Waals surface area contributed by atoms with Crippen LogP contribution in [0.15, 0.2) is 0 Å². The number of ether oxygens (including phenoxy) is 1. The van der Waals surface area contributed by atoms with E-state index in [0.717, 1.165) is 25.8 Å². The maximum atomic E-state index is 9.26. The molecule has 1 N–H and O–H groups in total. The van der Waals surface area contributed by atoms with Gasteiger partial charge < -0.3 is 9.84 Å². The summed E-state index contributed by atoms with van der Waals surface area (Å²) in [6, 6.07) is 2.74. The third-order valence-corrected chi connectivity index (χ3v) is 3.58. The standard InChI is InChI=1S/C13H24N2O2/c1-17-10-8-15(7-9-16)13-6-4-2-3-5-12(13)11-14/h12-13,16H,2-10H2,1H3. The molecule has 2 unspecified atom stereocenters. The Balaban J connectivity index is 2.63. The molecule has 0 aromatic heterocycles. The average molecular weight is 240 g/mol. The van der Waals surface area contributed by atoms with Crippen LogP contribution in [0.25, 0.3) is 0 Å². The quantitative estimate of drug-likeness (QED) is 0.713. The Bertz CT molecular complexity index is 240. The summed E-state index contributed by atoms with van der Waals surface area (Å²) in [4.78, 5) is 2.22. The zero-order chi connectivity index (χ0) is 12.5. The van der Waals surface area contributed by atoms with Crippen LogP contribution < -0.4 is 0 Å². The van der Waals surface area contributed by atoms with Crippen molar-refractivity contribution in [3.8, 4) is 6.07 Å². The minimum Gasteiger partial charge on any atom is -0.395 e. The lowest BCUT2D eigenvalue weighted by Crippen LogP contribution is -2.43. The minimum atomic E-state index is 0.112. The Morgan fingerprint density at radius 2 is 2.06 bits per heavy atom. The van der Waals surface area contributed by atoms with E-state index in [1.165, 1.54) is 12.8 Å². The molecule has 0 bridgehead atoms. The molecule has 1 aliphatic carbocycles. The molecule has 0 aromatic carbocycles. The predicted octanol–water partition coefficient (Wildman–Crippen LogP) is 1.40. The molecule has 2 atom stereocenters. The van der Waals surface area contributed by atoms with Gasteiger partial charge in [-0.15, -0.1) is 0 Å². The van der Waals surface area contributed by atoms with E-state index in [1.807, 2.05) is 0 Å². The number of aliphatic hydroxyl groups is 1. The molecular formula is C13H24N2O2. The molecule has 0 aromatic rings. The molecule has 4 nitrogen and oxygen atoms in total. The van der Waals surface area contributed by atoms with Crippen LogP contribution in [0, 0.1) is 17.2 Å². The van der Waals surface area contributed by atoms with Crippen LogP contribution in [-0.2, 0) is 4.74 Å². The summed E-state index contributed by atoms with van der Waals surface area (Å²) in [6.07, 6.45) is 5.65. The Hall–Kier alpha value is -0.630. The van der Waals surface area contributed by atoms with Gasteiger partial charge in [0.2, 0.25) is 0 Å². The number of hydrogen-bond donors (Lipinski definition) is 1. The van der Waals surface area contributed by atoms with Crippen LogP contribution in [0.3, 0.4) is 0 Å². The van der Waals surface area contributed by atoms with Gasteiger partial charge in [0.1, 0.15) is 0 Å². The lowest BCUT2D eigenvalue weighted by atomic mass is 9.95. The second-order valence-corrected chi connectivity index (χ2v) is 4.69. The summed E-state index contributed by atoms with van der Waals surface area (Å²) >= 11 is 0. The van der Waals surface area contributed by atoms with E-state index >= 15 is 0 Å². The van der Waals surface area contributed by atoms with Crippen molar-refractivity contribution in [1.29, 1.82) is 5.26 Å². The van der Waals surface area contributed by atoms with Crippen LogP contribution in [0.2, 0.25) is 0 Å². The summed E-state index contributed by atoms with van der Waals surface area (Å²) in [5.74, 6) is 0.112. The van der Waals surface area contributed by atoms with Gasteiger partial charge in [-0.25, -0.2) is 0 Å². The van der Waals surface area contributed by atoms with Gasteiger partial charge in [0.25, 0.3) is 0 Å². The van der Waals surface area contributed by atoms with Crippen molar-refractivity contribution in [2.75, 3.05) is 33.4 Å². The van der Waals surface area contributed by atoms with Crippen molar-refractivity contribution in [2.24, 2.45) is 5.92 Å². The largest absolute Gasteiger partial charge is 0.395 e. The highest BCUT2D eigenvalue weighted by Gasteiger charge is 2.28. The lowest BCUT2D eigenvalue weighted by molar-refractivity contribution is 0.0832. The lowest BCUT2D eigenvalue weighted by Gasteiger charge is -2.32. The highest BCUT2D eigenvalue weighted by molar-refractivity contribution is 4.94. The van der Waals surface area contributed by atoms with Crippen LogP contribution in [0.1, 0.15) is 32.1 Å². The summed E-state index contributed by atoms with van der Waals surface area (Å²) in [6.45, 7) is 2.26. The molecule has 17 heavy (non-hydrogen) atoms.